The van der Waals surface area contributed by atoms with Crippen LogP contribution < -0.4 is 10.2 Å². The SMILES string of the molecule is Cc1nc(N2CCOCC2)nc(C)c1NC(=O)c1ccc2ncsc2c1. The summed E-state index contributed by atoms with van der Waals surface area (Å²) >= 11 is 1.52. The van der Waals surface area contributed by atoms with Crippen LogP contribution in [0.15, 0.2) is 23.7 Å². The van der Waals surface area contributed by atoms with E-state index in [4.69, 9.17) is 4.74 Å². The third kappa shape index (κ3) is 3.25. The van der Waals surface area contributed by atoms with Crippen molar-refractivity contribution in [3.8, 4) is 0 Å². The van der Waals surface area contributed by atoms with Gasteiger partial charge in [0.15, 0.2) is 0 Å². The maximum Gasteiger partial charge on any atom is 0.255 e. The van der Waals surface area contributed by atoms with Gasteiger partial charge in [-0.3, -0.25) is 4.79 Å². The fourth-order valence-corrected chi connectivity index (χ4v) is 3.68. The smallest absolute Gasteiger partial charge is 0.255 e. The van der Waals surface area contributed by atoms with E-state index in [1.807, 2.05) is 26.0 Å². The highest BCUT2D eigenvalue weighted by molar-refractivity contribution is 7.16. The van der Waals surface area contributed by atoms with Gasteiger partial charge < -0.3 is 15.0 Å². The van der Waals surface area contributed by atoms with Gasteiger partial charge in [-0.25, -0.2) is 15.0 Å². The van der Waals surface area contributed by atoms with Gasteiger partial charge in [-0.15, -0.1) is 11.3 Å². The Labute approximate surface area is 155 Å². The molecule has 8 heteroatoms. The third-order valence-electron chi connectivity index (χ3n) is 4.38. The van der Waals surface area contributed by atoms with Gasteiger partial charge in [0.2, 0.25) is 5.95 Å². The number of anilines is 2. The zero-order valence-electron chi connectivity index (χ0n) is 14.7. The van der Waals surface area contributed by atoms with Crippen molar-refractivity contribution in [1.82, 2.24) is 15.0 Å². The van der Waals surface area contributed by atoms with Crippen LogP contribution in [0.2, 0.25) is 0 Å². The van der Waals surface area contributed by atoms with Crippen LogP contribution >= 0.6 is 11.3 Å². The van der Waals surface area contributed by atoms with Crippen LogP contribution in [0.25, 0.3) is 10.2 Å². The van der Waals surface area contributed by atoms with E-state index < -0.39 is 0 Å². The van der Waals surface area contributed by atoms with Gasteiger partial charge >= 0.3 is 0 Å². The van der Waals surface area contributed by atoms with Crippen molar-refractivity contribution in [3.63, 3.8) is 0 Å². The number of carbonyl (C=O) groups is 1. The van der Waals surface area contributed by atoms with Crippen LogP contribution in [0.4, 0.5) is 11.6 Å². The van der Waals surface area contributed by atoms with Gasteiger partial charge in [-0.1, -0.05) is 0 Å². The van der Waals surface area contributed by atoms with Crippen LogP contribution in [0, 0.1) is 13.8 Å². The highest BCUT2D eigenvalue weighted by atomic mass is 32.1. The summed E-state index contributed by atoms with van der Waals surface area (Å²) in [5.41, 5.74) is 5.45. The van der Waals surface area contributed by atoms with Crippen LogP contribution in [0.1, 0.15) is 21.7 Å². The number of carbonyl (C=O) groups excluding carboxylic acids is 1. The fourth-order valence-electron chi connectivity index (χ4n) is 2.97. The number of hydrogen-bond acceptors (Lipinski definition) is 7. The van der Waals surface area contributed by atoms with E-state index in [0.717, 1.165) is 34.7 Å². The van der Waals surface area contributed by atoms with Crippen LogP contribution in [-0.2, 0) is 4.74 Å². The summed E-state index contributed by atoms with van der Waals surface area (Å²) in [6.07, 6.45) is 0. The minimum absolute atomic E-state index is 0.172. The molecule has 0 bridgehead atoms. The molecule has 134 valence electrons. The molecule has 0 radical (unpaired) electrons. The van der Waals surface area contributed by atoms with Crippen LogP contribution in [0.5, 0.6) is 0 Å². The molecule has 1 fully saturated rings. The second kappa shape index (κ2) is 6.97. The molecule has 0 spiro atoms. The van der Waals surface area contributed by atoms with E-state index in [-0.39, 0.29) is 5.91 Å². The van der Waals surface area contributed by atoms with E-state index in [0.29, 0.717) is 30.4 Å². The lowest BCUT2D eigenvalue weighted by Crippen LogP contribution is -2.37. The van der Waals surface area contributed by atoms with E-state index in [1.165, 1.54) is 11.3 Å². The van der Waals surface area contributed by atoms with Crippen LogP contribution in [-0.4, -0.2) is 47.2 Å². The van der Waals surface area contributed by atoms with Crippen molar-refractivity contribution >= 4 is 39.1 Å². The summed E-state index contributed by atoms with van der Waals surface area (Å²) in [4.78, 5) is 28.2. The predicted octanol–water partition coefficient (Wildman–Crippen LogP) is 2.79. The third-order valence-corrected chi connectivity index (χ3v) is 5.18. The Morgan fingerprint density at radius 3 is 2.65 bits per heavy atom. The number of aryl methyl sites for hydroxylation is 2. The average molecular weight is 369 g/mol. The molecule has 4 rings (SSSR count). The molecule has 3 heterocycles. The number of rotatable bonds is 3. The standard InChI is InChI=1S/C18H19N5O2S/c1-11-16(12(2)21-18(20-11)23-5-7-25-8-6-23)22-17(24)13-3-4-14-15(9-13)26-10-19-14/h3-4,9-10H,5-8H2,1-2H3,(H,22,24). The normalized spacial score (nSPS) is 14.6. The monoisotopic (exact) mass is 369 g/mol. The summed E-state index contributed by atoms with van der Waals surface area (Å²) < 4.78 is 6.36. The number of nitrogens with one attached hydrogen (secondary N) is 1. The maximum absolute atomic E-state index is 12.7. The van der Waals surface area contributed by atoms with Crippen molar-refractivity contribution in [2.45, 2.75) is 13.8 Å². The Morgan fingerprint density at radius 2 is 1.92 bits per heavy atom. The molecule has 7 nitrogen and oxygen atoms in total. The van der Waals surface area contributed by atoms with Crippen molar-refractivity contribution < 1.29 is 9.53 Å². The first-order valence-corrected chi connectivity index (χ1v) is 9.32. The molecule has 0 unspecified atom stereocenters. The average Bonchev–Trinajstić information content (AvgIpc) is 3.13. The molecule has 2 aromatic heterocycles. The Hall–Kier alpha value is -2.58. The molecule has 26 heavy (non-hydrogen) atoms. The van der Waals surface area contributed by atoms with Gasteiger partial charge in [0.1, 0.15) is 0 Å². The fraction of sp³-hybridized carbons (Fsp3) is 0.333. The Kier molecular flexibility index (Phi) is 4.52. The Bertz CT molecular complexity index is 942. The number of fused-ring (bicyclic) bond motifs is 1. The van der Waals surface area contributed by atoms with E-state index in [9.17, 15) is 4.79 Å². The number of ether oxygens (including phenoxy) is 1. The lowest BCUT2D eigenvalue weighted by Gasteiger charge is -2.27. The van der Waals surface area contributed by atoms with E-state index in [2.05, 4.69) is 25.2 Å². The molecule has 1 amide bonds. The predicted molar refractivity (Wildman–Crippen MR) is 102 cm³/mol. The molecule has 3 aromatic rings. The van der Waals surface area contributed by atoms with Gasteiger partial charge in [0.05, 0.1) is 46.0 Å². The summed E-state index contributed by atoms with van der Waals surface area (Å²) in [6, 6.07) is 5.50. The summed E-state index contributed by atoms with van der Waals surface area (Å²) in [7, 11) is 0. The number of benzene rings is 1. The number of morpholine rings is 1. The minimum atomic E-state index is -0.172. The van der Waals surface area contributed by atoms with E-state index >= 15 is 0 Å². The van der Waals surface area contributed by atoms with Gasteiger partial charge in [-0.05, 0) is 32.0 Å². The zero-order chi connectivity index (χ0) is 18.1. The van der Waals surface area contributed by atoms with Crippen molar-refractivity contribution in [2.24, 2.45) is 0 Å². The topological polar surface area (TPSA) is 80.2 Å². The van der Waals surface area contributed by atoms with Crippen molar-refractivity contribution in [3.05, 3.63) is 40.7 Å². The number of nitrogens with zero attached hydrogens (tertiary/aromatic N) is 4. The summed E-state index contributed by atoms with van der Waals surface area (Å²) in [5.74, 6) is 0.515. The lowest BCUT2D eigenvalue weighted by atomic mass is 10.2. The van der Waals surface area contributed by atoms with E-state index in [1.54, 1.807) is 11.6 Å². The minimum Gasteiger partial charge on any atom is -0.378 e. The molecule has 1 N–H and O–H groups in total. The first-order valence-electron chi connectivity index (χ1n) is 8.44. The first kappa shape index (κ1) is 16.9. The molecule has 1 aliphatic heterocycles. The second-order valence-electron chi connectivity index (χ2n) is 6.16. The molecule has 0 atom stereocenters. The molecule has 0 saturated carbocycles. The van der Waals surface area contributed by atoms with Crippen molar-refractivity contribution in [1.29, 1.82) is 0 Å². The molecule has 1 aromatic carbocycles. The summed E-state index contributed by atoms with van der Waals surface area (Å²) in [5, 5.41) is 2.96. The summed E-state index contributed by atoms with van der Waals surface area (Å²) in [6.45, 7) is 6.69. The molecular weight excluding hydrogens is 350 g/mol. The van der Waals surface area contributed by atoms with Gasteiger partial charge in [0.25, 0.3) is 5.91 Å². The number of amides is 1. The van der Waals surface area contributed by atoms with Crippen LogP contribution in [0.3, 0.4) is 0 Å². The van der Waals surface area contributed by atoms with Crippen molar-refractivity contribution in [2.75, 3.05) is 36.5 Å². The van der Waals surface area contributed by atoms with Gasteiger partial charge in [0, 0.05) is 18.7 Å². The first-order chi connectivity index (χ1) is 12.6. The largest absolute Gasteiger partial charge is 0.378 e. The van der Waals surface area contributed by atoms with Gasteiger partial charge in [-0.2, -0.15) is 0 Å². The number of aromatic nitrogens is 3. The maximum atomic E-state index is 12.7. The Morgan fingerprint density at radius 1 is 1.19 bits per heavy atom. The number of thiazole rings is 1. The quantitative estimate of drug-likeness (QED) is 0.765. The highest BCUT2D eigenvalue weighted by Crippen LogP contribution is 2.23. The number of hydrogen-bond donors (Lipinski definition) is 1. The lowest BCUT2D eigenvalue weighted by molar-refractivity contribution is 0.102. The molecule has 0 aliphatic carbocycles. The molecule has 1 saturated heterocycles. The molecular formula is C18H19N5O2S. The second-order valence-corrected chi connectivity index (χ2v) is 7.04. The highest BCUT2D eigenvalue weighted by Gasteiger charge is 2.18. The Balaban J connectivity index is 1.57. The zero-order valence-corrected chi connectivity index (χ0v) is 15.5. The molecule has 1 aliphatic rings.